The minimum absolute atomic E-state index is 0.239. The Morgan fingerprint density at radius 2 is 2.04 bits per heavy atom. The molecule has 150 valence electrons. The van der Waals surface area contributed by atoms with Crippen LogP contribution in [0.1, 0.15) is 36.5 Å². The fourth-order valence-electron chi connectivity index (χ4n) is 4.47. The monoisotopic (exact) mass is 383 g/mol. The van der Waals surface area contributed by atoms with Crippen LogP contribution < -0.4 is 4.74 Å². The van der Waals surface area contributed by atoms with Gasteiger partial charge in [-0.15, -0.1) is 0 Å². The maximum absolute atomic E-state index is 12.9. The van der Waals surface area contributed by atoms with Gasteiger partial charge in [0.1, 0.15) is 11.6 Å². The van der Waals surface area contributed by atoms with Crippen LogP contribution in [0.5, 0.6) is 5.75 Å². The Hall–Kier alpha value is -2.41. The Labute approximate surface area is 166 Å². The quantitative estimate of drug-likeness (QED) is 0.828. The summed E-state index contributed by atoms with van der Waals surface area (Å²) < 4.78 is 5.25. The van der Waals surface area contributed by atoms with Gasteiger partial charge in [-0.3, -0.25) is 14.8 Å². The number of carbonyl (C=O) groups excluding carboxylic acids is 1. The molecule has 7 heteroatoms. The molecular formula is C21H29N5O2. The third kappa shape index (κ3) is 4.35. The molecule has 0 unspecified atom stereocenters. The number of ether oxygens (including phenoxy) is 1. The third-order valence-electron chi connectivity index (χ3n) is 5.88. The van der Waals surface area contributed by atoms with Crippen molar-refractivity contribution >= 4 is 5.91 Å². The molecule has 1 amide bonds. The number of rotatable bonds is 6. The average Bonchev–Trinajstić information content (AvgIpc) is 2.93. The normalized spacial score (nSPS) is 22.3. The summed E-state index contributed by atoms with van der Waals surface area (Å²) in [5.74, 6) is 3.21. The SMILES string of the molecule is COc1ccc(CN2C[C@@H]3CC[C@H](C2)N(C(=O)CCc2n[nH]c(C)n2)C3)cc1. The first-order chi connectivity index (χ1) is 13.6. The predicted molar refractivity (Wildman–Crippen MR) is 106 cm³/mol. The second kappa shape index (κ2) is 8.31. The summed E-state index contributed by atoms with van der Waals surface area (Å²) in [6.07, 6.45) is 3.41. The smallest absolute Gasteiger partial charge is 0.223 e. The molecule has 4 heterocycles. The van der Waals surface area contributed by atoms with E-state index in [0.717, 1.165) is 50.0 Å². The van der Waals surface area contributed by atoms with E-state index in [1.165, 1.54) is 12.0 Å². The number of aromatic amines is 1. The number of amides is 1. The topological polar surface area (TPSA) is 74.3 Å². The van der Waals surface area contributed by atoms with Gasteiger partial charge in [-0.25, -0.2) is 4.98 Å². The largest absolute Gasteiger partial charge is 0.497 e. The van der Waals surface area contributed by atoms with E-state index in [0.29, 0.717) is 24.8 Å². The molecule has 3 aliphatic heterocycles. The lowest BCUT2D eigenvalue weighted by Gasteiger charge is -2.36. The minimum Gasteiger partial charge on any atom is -0.497 e. The fourth-order valence-corrected chi connectivity index (χ4v) is 4.47. The van der Waals surface area contributed by atoms with E-state index in [1.54, 1.807) is 7.11 Å². The van der Waals surface area contributed by atoms with E-state index in [9.17, 15) is 4.79 Å². The van der Waals surface area contributed by atoms with Crippen LogP contribution in [0, 0.1) is 12.8 Å². The highest BCUT2D eigenvalue weighted by molar-refractivity contribution is 5.77. The minimum atomic E-state index is 0.239. The number of nitrogens with one attached hydrogen (secondary N) is 1. The number of methoxy groups -OCH3 is 1. The Bertz CT molecular complexity index is 803. The highest BCUT2D eigenvalue weighted by Crippen LogP contribution is 2.29. The van der Waals surface area contributed by atoms with Gasteiger partial charge in [-0.05, 0) is 43.4 Å². The molecule has 1 N–H and O–H groups in total. The number of fused-ring (bicyclic) bond motifs is 4. The number of benzene rings is 1. The Morgan fingerprint density at radius 1 is 1.21 bits per heavy atom. The first-order valence-electron chi connectivity index (χ1n) is 10.1. The molecule has 2 aromatic rings. The molecule has 2 bridgehead atoms. The molecule has 5 rings (SSSR count). The van der Waals surface area contributed by atoms with E-state index in [1.807, 2.05) is 19.1 Å². The molecule has 3 fully saturated rings. The maximum Gasteiger partial charge on any atom is 0.223 e. The van der Waals surface area contributed by atoms with Crippen molar-refractivity contribution in [3.63, 3.8) is 0 Å². The summed E-state index contributed by atoms with van der Waals surface area (Å²) in [4.78, 5) is 21.8. The molecule has 28 heavy (non-hydrogen) atoms. The molecule has 1 aromatic heterocycles. The first-order valence-corrected chi connectivity index (χ1v) is 10.1. The molecule has 7 nitrogen and oxygen atoms in total. The van der Waals surface area contributed by atoms with E-state index in [2.05, 4.69) is 37.1 Å². The maximum atomic E-state index is 12.9. The standard InChI is InChI=1S/C21H29N5O2/c1-15-22-20(24-23-15)9-10-21(27)26-13-17-3-6-18(26)14-25(12-17)11-16-4-7-19(28-2)8-5-16/h4-5,7-8,17-18H,3,6,9-14H2,1-2H3,(H,22,23,24)/t17-,18+/m0/s1. The zero-order valence-electron chi connectivity index (χ0n) is 16.7. The molecule has 3 aliphatic rings. The van der Waals surface area contributed by atoms with Crippen molar-refractivity contribution < 1.29 is 9.53 Å². The Morgan fingerprint density at radius 3 is 2.75 bits per heavy atom. The van der Waals surface area contributed by atoms with Crippen LogP contribution in [0.15, 0.2) is 24.3 Å². The van der Waals surface area contributed by atoms with Crippen molar-refractivity contribution in [2.24, 2.45) is 5.92 Å². The van der Waals surface area contributed by atoms with Crippen molar-refractivity contribution in [1.82, 2.24) is 25.0 Å². The van der Waals surface area contributed by atoms with E-state index < -0.39 is 0 Å². The van der Waals surface area contributed by atoms with Crippen molar-refractivity contribution in [3.05, 3.63) is 41.5 Å². The summed E-state index contributed by atoms with van der Waals surface area (Å²) in [6.45, 7) is 5.70. The molecular weight excluding hydrogens is 354 g/mol. The van der Waals surface area contributed by atoms with Crippen molar-refractivity contribution in [1.29, 1.82) is 0 Å². The van der Waals surface area contributed by atoms with E-state index in [4.69, 9.17) is 4.74 Å². The van der Waals surface area contributed by atoms with Crippen LogP contribution in [0.2, 0.25) is 0 Å². The molecule has 3 saturated heterocycles. The molecule has 2 atom stereocenters. The van der Waals surface area contributed by atoms with Gasteiger partial charge in [0.15, 0.2) is 5.82 Å². The van der Waals surface area contributed by atoms with Gasteiger partial charge in [-0.2, -0.15) is 5.10 Å². The summed E-state index contributed by atoms with van der Waals surface area (Å²) in [7, 11) is 1.69. The first kappa shape index (κ1) is 18.9. The lowest BCUT2D eigenvalue weighted by molar-refractivity contribution is -0.135. The van der Waals surface area contributed by atoms with Gasteiger partial charge in [0, 0.05) is 45.1 Å². The van der Waals surface area contributed by atoms with Crippen LogP contribution in [0.25, 0.3) is 0 Å². The van der Waals surface area contributed by atoms with Crippen LogP contribution in [-0.2, 0) is 17.8 Å². The van der Waals surface area contributed by atoms with Gasteiger partial charge in [-0.1, -0.05) is 12.1 Å². The van der Waals surface area contributed by atoms with Gasteiger partial charge in [0.25, 0.3) is 0 Å². The Kier molecular flexibility index (Phi) is 5.62. The number of nitrogens with zero attached hydrogens (tertiary/aromatic N) is 4. The lowest BCUT2D eigenvalue weighted by Crippen LogP contribution is -2.47. The zero-order chi connectivity index (χ0) is 19.5. The molecule has 0 spiro atoms. The average molecular weight is 383 g/mol. The number of H-pyrrole nitrogens is 1. The summed E-state index contributed by atoms with van der Waals surface area (Å²) >= 11 is 0. The van der Waals surface area contributed by atoms with Crippen molar-refractivity contribution in [3.8, 4) is 5.75 Å². The number of hydrogen-bond donors (Lipinski definition) is 1. The van der Waals surface area contributed by atoms with Gasteiger partial charge in [0.05, 0.1) is 7.11 Å². The van der Waals surface area contributed by atoms with Crippen LogP contribution in [-0.4, -0.2) is 63.7 Å². The van der Waals surface area contributed by atoms with Gasteiger partial charge < -0.3 is 9.64 Å². The lowest BCUT2D eigenvalue weighted by atomic mass is 9.94. The van der Waals surface area contributed by atoms with E-state index >= 15 is 0 Å². The van der Waals surface area contributed by atoms with Crippen LogP contribution in [0.3, 0.4) is 0 Å². The second-order valence-electron chi connectivity index (χ2n) is 8.02. The van der Waals surface area contributed by atoms with Crippen molar-refractivity contribution in [2.45, 2.75) is 45.2 Å². The van der Waals surface area contributed by atoms with E-state index in [-0.39, 0.29) is 5.91 Å². The number of piperidine rings is 1. The van der Waals surface area contributed by atoms with Crippen molar-refractivity contribution in [2.75, 3.05) is 26.7 Å². The zero-order valence-corrected chi connectivity index (χ0v) is 16.7. The number of aryl methyl sites for hydroxylation is 2. The number of hydrogen-bond acceptors (Lipinski definition) is 5. The predicted octanol–water partition coefficient (Wildman–Crippen LogP) is 2.18. The molecule has 1 aromatic carbocycles. The number of aromatic nitrogens is 3. The third-order valence-corrected chi connectivity index (χ3v) is 5.88. The Balaban J connectivity index is 1.36. The summed E-state index contributed by atoms with van der Waals surface area (Å²) in [5.41, 5.74) is 1.29. The molecule has 0 saturated carbocycles. The second-order valence-corrected chi connectivity index (χ2v) is 8.02. The fraction of sp³-hybridized carbons (Fsp3) is 0.571. The summed E-state index contributed by atoms with van der Waals surface area (Å²) in [5, 5.41) is 6.99. The highest BCUT2D eigenvalue weighted by Gasteiger charge is 2.36. The highest BCUT2D eigenvalue weighted by atomic mass is 16.5. The summed E-state index contributed by atoms with van der Waals surface area (Å²) in [6, 6.07) is 8.62. The van der Waals surface area contributed by atoms with Gasteiger partial charge >= 0.3 is 0 Å². The molecule has 0 aliphatic carbocycles. The van der Waals surface area contributed by atoms with Crippen LogP contribution >= 0.6 is 0 Å². The molecule has 0 radical (unpaired) electrons. The van der Waals surface area contributed by atoms with Gasteiger partial charge in [0.2, 0.25) is 5.91 Å². The van der Waals surface area contributed by atoms with Crippen LogP contribution in [0.4, 0.5) is 0 Å². The number of carbonyl (C=O) groups is 1.